The normalized spacial score (nSPS) is 17.9. The maximum absolute atomic E-state index is 13.1. The van der Waals surface area contributed by atoms with E-state index >= 15 is 0 Å². The Kier molecular flexibility index (Phi) is 6.21. The van der Waals surface area contributed by atoms with Crippen molar-refractivity contribution in [3.63, 3.8) is 0 Å². The van der Waals surface area contributed by atoms with Gasteiger partial charge >= 0.3 is 0 Å². The van der Waals surface area contributed by atoms with Gasteiger partial charge in [-0.05, 0) is 48.7 Å². The van der Waals surface area contributed by atoms with Gasteiger partial charge in [0.1, 0.15) is 11.5 Å². The Morgan fingerprint density at radius 3 is 2.52 bits per heavy atom. The lowest BCUT2D eigenvalue weighted by molar-refractivity contribution is 0.361. The first kappa shape index (κ1) is 20.3. The zero-order valence-corrected chi connectivity index (χ0v) is 17.4. The maximum atomic E-state index is 13.1. The van der Waals surface area contributed by atoms with Gasteiger partial charge < -0.3 is 9.47 Å². The number of hydrogen-bond acceptors (Lipinski definition) is 4. The lowest BCUT2D eigenvalue weighted by Crippen LogP contribution is -2.32. The molecular formula is C19H21Cl2NO4S. The van der Waals surface area contributed by atoms with Crippen LogP contribution in [0.4, 0.5) is 0 Å². The van der Waals surface area contributed by atoms with Crippen LogP contribution in [0.15, 0.2) is 36.4 Å². The van der Waals surface area contributed by atoms with Gasteiger partial charge in [0.15, 0.2) is 0 Å². The van der Waals surface area contributed by atoms with E-state index in [1.807, 2.05) is 6.07 Å². The molecule has 3 rings (SSSR count). The molecule has 8 heteroatoms. The summed E-state index contributed by atoms with van der Waals surface area (Å²) in [5.74, 6) is 1.18. The smallest absolute Gasteiger partial charge is 0.218 e. The quantitative estimate of drug-likeness (QED) is 0.668. The highest BCUT2D eigenvalue weighted by Crippen LogP contribution is 2.41. The largest absolute Gasteiger partial charge is 0.497 e. The van der Waals surface area contributed by atoms with Gasteiger partial charge in [-0.2, -0.15) is 4.31 Å². The first-order valence-corrected chi connectivity index (χ1v) is 10.9. The summed E-state index contributed by atoms with van der Waals surface area (Å²) in [6.07, 6.45) is 1.51. The molecule has 0 spiro atoms. The molecular weight excluding hydrogens is 409 g/mol. The Morgan fingerprint density at radius 1 is 1.07 bits per heavy atom. The number of rotatable bonds is 6. The fraction of sp³-hybridized carbons (Fsp3) is 0.368. The number of halogens is 2. The molecule has 1 atom stereocenters. The van der Waals surface area contributed by atoms with E-state index in [-0.39, 0.29) is 11.8 Å². The number of benzene rings is 2. The molecule has 1 aliphatic heterocycles. The molecule has 0 aromatic heterocycles. The minimum absolute atomic E-state index is 0.132. The number of sulfonamides is 1. The number of ether oxygens (including phenoxy) is 2. The Bertz CT molecular complexity index is 933. The molecule has 2 aromatic rings. The number of methoxy groups -OCH3 is 2. The van der Waals surface area contributed by atoms with Crippen LogP contribution in [0, 0.1) is 0 Å². The van der Waals surface area contributed by atoms with Crippen LogP contribution >= 0.6 is 23.2 Å². The van der Waals surface area contributed by atoms with Gasteiger partial charge in [-0.3, -0.25) is 0 Å². The van der Waals surface area contributed by atoms with Crippen molar-refractivity contribution in [3.05, 3.63) is 57.6 Å². The molecule has 0 aliphatic carbocycles. The summed E-state index contributed by atoms with van der Waals surface area (Å²) in [4.78, 5) is 0. The van der Waals surface area contributed by atoms with Crippen molar-refractivity contribution in [3.8, 4) is 11.5 Å². The molecule has 1 saturated heterocycles. The number of hydrogen-bond donors (Lipinski definition) is 0. The summed E-state index contributed by atoms with van der Waals surface area (Å²) >= 11 is 12.0. The highest BCUT2D eigenvalue weighted by molar-refractivity contribution is 7.88. The molecule has 1 unspecified atom stereocenters. The number of nitrogens with zero attached hydrogens (tertiary/aromatic N) is 1. The lowest BCUT2D eigenvalue weighted by Gasteiger charge is -2.26. The predicted octanol–water partition coefficient (Wildman–Crippen LogP) is 4.68. The topological polar surface area (TPSA) is 55.8 Å². The lowest BCUT2D eigenvalue weighted by atomic mass is 10.0. The molecule has 1 fully saturated rings. The van der Waals surface area contributed by atoms with Gasteiger partial charge in [-0.25, -0.2) is 8.42 Å². The SMILES string of the molecule is COc1ccc(OC)c(C2CCCN2S(=O)(=O)Cc2ccc(Cl)c(Cl)c2)c1. The van der Waals surface area contributed by atoms with Gasteiger partial charge in [0, 0.05) is 12.1 Å². The van der Waals surface area contributed by atoms with Gasteiger partial charge in [0.05, 0.1) is 36.1 Å². The third-order valence-corrected chi connectivity index (χ3v) is 7.28. The first-order valence-electron chi connectivity index (χ1n) is 8.51. The summed E-state index contributed by atoms with van der Waals surface area (Å²) in [6, 6.07) is 10.0. The highest BCUT2D eigenvalue weighted by Gasteiger charge is 2.36. The highest BCUT2D eigenvalue weighted by atomic mass is 35.5. The molecule has 0 amide bonds. The van der Waals surface area contributed by atoms with Crippen LogP contribution in [0.2, 0.25) is 10.0 Å². The molecule has 1 aliphatic rings. The standard InChI is InChI=1S/C19H21Cl2NO4S/c1-25-14-6-8-19(26-2)15(11-14)18-4-3-9-22(18)27(23,24)12-13-5-7-16(20)17(21)10-13/h5-8,10-11,18H,3-4,9,12H2,1-2H3. The summed E-state index contributed by atoms with van der Waals surface area (Å²) in [7, 11) is -0.389. The Morgan fingerprint density at radius 2 is 1.85 bits per heavy atom. The summed E-state index contributed by atoms with van der Waals surface area (Å²) in [5.41, 5.74) is 1.42. The monoisotopic (exact) mass is 429 g/mol. The van der Waals surface area contributed by atoms with E-state index < -0.39 is 10.0 Å². The second kappa shape index (κ2) is 8.27. The van der Waals surface area contributed by atoms with Crippen molar-refractivity contribution in [1.29, 1.82) is 0 Å². The Labute approximate surface area is 169 Å². The molecule has 0 radical (unpaired) electrons. The zero-order valence-electron chi connectivity index (χ0n) is 15.1. The van der Waals surface area contributed by atoms with Crippen molar-refractivity contribution in [2.24, 2.45) is 0 Å². The molecule has 27 heavy (non-hydrogen) atoms. The molecule has 0 saturated carbocycles. The van der Waals surface area contributed by atoms with E-state index in [2.05, 4.69) is 0 Å². The van der Waals surface area contributed by atoms with E-state index in [0.717, 1.165) is 18.4 Å². The third kappa shape index (κ3) is 4.35. The van der Waals surface area contributed by atoms with Crippen LogP contribution in [0.3, 0.4) is 0 Å². The summed E-state index contributed by atoms with van der Waals surface area (Å²) in [5, 5.41) is 0.745. The first-order chi connectivity index (χ1) is 12.9. The zero-order chi connectivity index (χ0) is 19.6. The predicted molar refractivity (Wildman–Crippen MR) is 107 cm³/mol. The van der Waals surface area contributed by atoms with Crippen LogP contribution in [0.25, 0.3) is 0 Å². The summed E-state index contributed by atoms with van der Waals surface area (Å²) in [6.45, 7) is 0.467. The van der Waals surface area contributed by atoms with Gasteiger partial charge in [-0.15, -0.1) is 0 Å². The van der Waals surface area contributed by atoms with Crippen LogP contribution in [-0.4, -0.2) is 33.5 Å². The van der Waals surface area contributed by atoms with Crippen LogP contribution in [-0.2, 0) is 15.8 Å². The van der Waals surface area contributed by atoms with Crippen molar-refractivity contribution >= 4 is 33.2 Å². The van der Waals surface area contributed by atoms with Crippen molar-refractivity contribution in [2.45, 2.75) is 24.6 Å². The third-order valence-electron chi connectivity index (χ3n) is 4.69. The second-order valence-corrected chi connectivity index (χ2v) is 9.12. The van der Waals surface area contributed by atoms with Crippen molar-refractivity contribution in [2.75, 3.05) is 20.8 Å². The molecule has 146 valence electrons. The van der Waals surface area contributed by atoms with Gasteiger partial charge in [0.2, 0.25) is 10.0 Å². The van der Waals surface area contributed by atoms with E-state index in [0.29, 0.717) is 33.7 Å². The average molecular weight is 430 g/mol. The Balaban J connectivity index is 1.92. The maximum Gasteiger partial charge on any atom is 0.218 e. The molecule has 1 heterocycles. The molecule has 2 aromatic carbocycles. The van der Waals surface area contributed by atoms with Crippen LogP contribution in [0.5, 0.6) is 11.5 Å². The van der Waals surface area contributed by atoms with E-state index in [9.17, 15) is 8.42 Å². The minimum Gasteiger partial charge on any atom is -0.497 e. The fourth-order valence-corrected chi connectivity index (χ4v) is 5.51. The van der Waals surface area contributed by atoms with Crippen molar-refractivity contribution in [1.82, 2.24) is 4.31 Å². The molecule has 0 bridgehead atoms. The van der Waals surface area contributed by atoms with Gasteiger partial charge in [0.25, 0.3) is 0 Å². The van der Waals surface area contributed by atoms with E-state index in [4.69, 9.17) is 32.7 Å². The van der Waals surface area contributed by atoms with Crippen LogP contribution in [0.1, 0.15) is 30.0 Å². The molecule has 0 N–H and O–H groups in total. The summed E-state index contributed by atoms with van der Waals surface area (Å²) < 4.78 is 38.5. The van der Waals surface area contributed by atoms with Gasteiger partial charge in [-0.1, -0.05) is 29.3 Å². The van der Waals surface area contributed by atoms with E-state index in [1.165, 1.54) is 0 Å². The van der Waals surface area contributed by atoms with E-state index in [1.54, 1.807) is 48.9 Å². The van der Waals surface area contributed by atoms with Crippen LogP contribution < -0.4 is 9.47 Å². The second-order valence-electron chi connectivity index (χ2n) is 6.38. The van der Waals surface area contributed by atoms with Crippen molar-refractivity contribution < 1.29 is 17.9 Å². The fourth-order valence-electron chi connectivity index (χ4n) is 3.41. The Hall–Kier alpha value is -1.47. The minimum atomic E-state index is -3.55. The molecule has 5 nitrogen and oxygen atoms in total. The average Bonchev–Trinajstić information content (AvgIpc) is 3.14.